The van der Waals surface area contributed by atoms with Gasteiger partial charge in [0.05, 0.1) is 5.56 Å². The monoisotopic (exact) mass is 229 g/mol. The minimum atomic E-state index is -4.29. The zero-order valence-electron chi connectivity index (χ0n) is 8.80. The van der Waals surface area contributed by atoms with E-state index in [0.717, 1.165) is 24.1 Å². The van der Waals surface area contributed by atoms with Crippen molar-refractivity contribution in [3.63, 3.8) is 0 Å². The molecule has 1 atom stereocenters. The van der Waals surface area contributed by atoms with Gasteiger partial charge in [-0.05, 0) is 30.5 Å². The molecule has 88 valence electrons. The summed E-state index contributed by atoms with van der Waals surface area (Å²) < 4.78 is 36.8. The third kappa shape index (κ3) is 3.38. The Labute approximate surface area is 92.8 Å². The fourth-order valence-electron chi connectivity index (χ4n) is 1.38. The predicted molar refractivity (Wildman–Crippen MR) is 57.8 cm³/mol. The number of allylic oxidation sites excluding steroid dienone is 1. The summed E-state index contributed by atoms with van der Waals surface area (Å²) in [6, 6.07) is 4.74. The fraction of sp³-hybridized carbons (Fsp3) is 0.333. The fourth-order valence-corrected chi connectivity index (χ4v) is 1.38. The Morgan fingerprint density at radius 2 is 1.81 bits per heavy atom. The molecule has 0 amide bonds. The van der Waals surface area contributed by atoms with E-state index in [-0.39, 0.29) is 6.04 Å². The molecular formula is C12H14F3N. The predicted octanol–water partition coefficient (Wildman–Crippen LogP) is 3.67. The average molecular weight is 229 g/mol. The number of hydrogen-bond acceptors (Lipinski definition) is 1. The Morgan fingerprint density at radius 1 is 1.25 bits per heavy atom. The van der Waals surface area contributed by atoms with Crippen LogP contribution in [0.5, 0.6) is 0 Å². The maximum absolute atomic E-state index is 12.3. The van der Waals surface area contributed by atoms with E-state index in [9.17, 15) is 13.2 Å². The third-order valence-corrected chi connectivity index (χ3v) is 2.35. The largest absolute Gasteiger partial charge is 0.416 e. The molecule has 0 aliphatic heterocycles. The highest BCUT2D eigenvalue weighted by Crippen LogP contribution is 2.30. The Bertz CT molecular complexity index is 340. The van der Waals surface area contributed by atoms with Crippen LogP contribution in [0.2, 0.25) is 0 Å². The van der Waals surface area contributed by atoms with Crippen molar-refractivity contribution in [1.82, 2.24) is 0 Å². The normalized spacial score (nSPS) is 13.5. The summed E-state index contributed by atoms with van der Waals surface area (Å²) in [5.41, 5.74) is 5.88. The van der Waals surface area contributed by atoms with Gasteiger partial charge in [0, 0.05) is 6.04 Å². The minimum absolute atomic E-state index is 0.236. The van der Waals surface area contributed by atoms with Gasteiger partial charge in [-0.1, -0.05) is 18.2 Å². The van der Waals surface area contributed by atoms with Crippen LogP contribution in [0.15, 0.2) is 36.9 Å². The molecule has 0 spiro atoms. The molecule has 1 aromatic rings. The van der Waals surface area contributed by atoms with Crippen LogP contribution >= 0.6 is 0 Å². The second-order valence-corrected chi connectivity index (χ2v) is 3.59. The van der Waals surface area contributed by atoms with Crippen LogP contribution in [0, 0.1) is 0 Å². The second kappa shape index (κ2) is 5.16. The van der Waals surface area contributed by atoms with E-state index < -0.39 is 11.7 Å². The smallest absolute Gasteiger partial charge is 0.324 e. The summed E-state index contributed by atoms with van der Waals surface area (Å²) in [4.78, 5) is 0. The quantitative estimate of drug-likeness (QED) is 0.783. The molecule has 0 heterocycles. The number of benzene rings is 1. The molecule has 0 bridgehead atoms. The van der Waals surface area contributed by atoms with Gasteiger partial charge in [-0.15, -0.1) is 6.58 Å². The Balaban J connectivity index is 2.74. The van der Waals surface area contributed by atoms with Crippen molar-refractivity contribution in [2.24, 2.45) is 5.73 Å². The van der Waals surface area contributed by atoms with E-state index >= 15 is 0 Å². The maximum Gasteiger partial charge on any atom is 0.416 e. The number of rotatable bonds is 4. The van der Waals surface area contributed by atoms with Gasteiger partial charge < -0.3 is 5.73 Å². The van der Waals surface area contributed by atoms with Crippen molar-refractivity contribution in [3.8, 4) is 0 Å². The minimum Gasteiger partial charge on any atom is -0.324 e. The molecule has 0 aromatic heterocycles. The summed E-state index contributed by atoms with van der Waals surface area (Å²) >= 11 is 0. The van der Waals surface area contributed by atoms with E-state index in [0.29, 0.717) is 6.42 Å². The molecule has 16 heavy (non-hydrogen) atoms. The molecule has 2 N–H and O–H groups in total. The molecule has 4 heteroatoms. The van der Waals surface area contributed by atoms with Crippen molar-refractivity contribution < 1.29 is 13.2 Å². The first kappa shape index (κ1) is 12.8. The lowest BCUT2D eigenvalue weighted by Crippen LogP contribution is -2.11. The Kier molecular flexibility index (Phi) is 4.12. The van der Waals surface area contributed by atoms with Gasteiger partial charge in [-0.2, -0.15) is 13.2 Å². The van der Waals surface area contributed by atoms with Gasteiger partial charge in [0.25, 0.3) is 0 Å². The summed E-state index contributed by atoms with van der Waals surface area (Å²) in [5.74, 6) is 0. The van der Waals surface area contributed by atoms with Crippen LogP contribution in [-0.2, 0) is 6.18 Å². The van der Waals surface area contributed by atoms with Crippen LogP contribution < -0.4 is 5.73 Å². The van der Waals surface area contributed by atoms with Crippen molar-refractivity contribution >= 4 is 0 Å². The standard InChI is InChI=1S/C12H14F3N/c1-2-3-4-11(16)9-5-7-10(8-6-9)12(13,14)15/h2,5-8,11H,1,3-4,16H2/t11-/m0/s1. The molecule has 0 saturated heterocycles. The number of halogens is 3. The number of alkyl halides is 3. The molecule has 1 rings (SSSR count). The first-order valence-corrected chi connectivity index (χ1v) is 4.99. The zero-order valence-corrected chi connectivity index (χ0v) is 8.80. The van der Waals surface area contributed by atoms with Gasteiger partial charge in [-0.25, -0.2) is 0 Å². The Morgan fingerprint density at radius 3 is 2.25 bits per heavy atom. The topological polar surface area (TPSA) is 26.0 Å². The van der Waals surface area contributed by atoms with E-state index in [2.05, 4.69) is 6.58 Å². The first-order valence-electron chi connectivity index (χ1n) is 4.99. The summed E-state index contributed by atoms with van der Waals surface area (Å²) in [7, 11) is 0. The first-order chi connectivity index (χ1) is 7.45. The molecule has 0 fully saturated rings. The lowest BCUT2D eigenvalue weighted by Gasteiger charge is -2.12. The van der Waals surface area contributed by atoms with Crippen molar-refractivity contribution in [3.05, 3.63) is 48.0 Å². The number of hydrogen-bond donors (Lipinski definition) is 1. The molecule has 1 aromatic carbocycles. The molecule has 0 unspecified atom stereocenters. The van der Waals surface area contributed by atoms with Crippen molar-refractivity contribution in [2.75, 3.05) is 0 Å². The van der Waals surface area contributed by atoms with Crippen molar-refractivity contribution in [2.45, 2.75) is 25.1 Å². The lowest BCUT2D eigenvalue weighted by atomic mass is 10.0. The highest BCUT2D eigenvalue weighted by atomic mass is 19.4. The van der Waals surface area contributed by atoms with Crippen molar-refractivity contribution in [1.29, 1.82) is 0 Å². The van der Waals surface area contributed by atoms with Crippen LogP contribution in [-0.4, -0.2) is 0 Å². The van der Waals surface area contributed by atoms with E-state index in [4.69, 9.17) is 5.73 Å². The van der Waals surface area contributed by atoms with Crippen LogP contribution in [0.1, 0.15) is 30.0 Å². The highest BCUT2D eigenvalue weighted by Gasteiger charge is 2.30. The SMILES string of the molecule is C=CCC[C@H](N)c1ccc(C(F)(F)F)cc1. The van der Waals surface area contributed by atoms with Crippen LogP contribution in [0.25, 0.3) is 0 Å². The van der Waals surface area contributed by atoms with Crippen LogP contribution in [0.4, 0.5) is 13.2 Å². The van der Waals surface area contributed by atoms with Gasteiger partial charge in [0.15, 0.2) is 0 Å². The highest BCUT2D eigenvalue weighted by molar-refractivity contribution is 5.26. The molecule has 0 radical (unpaired) electrons. The maximum atomic E-state index is 12.3. The Hall–Kier alpha value is -1.29. The summed E-state index contributed by atoms with van der Waals surface area (Å²) in [6.07, 6.45) is -1.11. The average Bonchev–Trinajstić information content (AvgIpc) is 2.25. The lowest BCUT2D eigenvalue weighted by molar-refractivity contribution is -0.137. The van der Waals surface area contributed by atoms with Crippen LogP contribution in [0.3, 0.4) is 0 Å². The molecule has 0 aliphatic rings. The second-order valence-electron chi connectivity index (χ2n) is 3.59. The van der Waals surface area contributed by atoms with Gasteiger partial charge in [0.1, 0.15) is 0 Å². The molecule has 1 nitrogen and oxygen atoms in total. The zero-order chi connectivity index (χ0) is 12.2. The third-order valence-electron chi connectivity index (χ3n) is 2.35. The summed E-state index contributed by atoms with van der Waals surface area (Å²) in [5, 5.41) is 0. The van der Waals surface area contributed by atoms with Gasteiger partial charge in [-0.3, -0.25) is 0 Å². The molecular weight excluding hydrogens is 215 g/mol. The van der Waals surface area contributed by atoms with E-state index in [1.807, 2.05) is 0 Å². The van der Waals surface area contributed by atoms with Gasteiger partial charge >= 0.3 is 6.18 Å². The van der Waals surface area contributed by atoms with E-state index in [1.165, 1.54) is 12.1 Å². The molecule has 0 aliphatic carbocycles. The molecule has 0 saturated carbocycles. The van der Waals surface area contributed by atoms with Gasteiger partial charge in [0.2, 0.25) is 0 Å². The number of nitrogens with two attached hydrogens (primary N) is 1. The summed E-state index contributed by atoms with van der Waals surface area (Å²) in [6.45, 7) is 3.57. The van der Waals surface area contributed by atoms with E-state index in [1.54, 1.807) is 6.08 Å².